The van der Waals surface area contributed by atoms with E-state index in [9.17, 15) is 5.11 Å². The number of aryl methyl sites for hydroxylation is 1. The minimum atomic E-state index is -0.730. The molecule has 0 fully saturated rings. The van der Waals surface area contributed by atoms with Gasteiger partial charge in [0.05, 0.1) is 12.1 Å². The third kappa shape index (κ3) is 2.49. The molecule has 4 nitrogen and oxygen atoms in total. The zero-order valence-electron chi connectivity index (χ0n) is 8.25. The van der Waals surface area contributed by atoms with Crippen LogP contribution in [0.1, 0.15) is 24.2 Å². The predicted octanol–water partition coefficient (Wildman–Crippen LogP) is 2.73. The third-order valence-electron chi connectivity index (χ3n) is 2.11. The van der Waals surface area contributed by atoms with E-state index in [1.54, 1.807) is 6.92 Å². The maximum absolute atomic E-state index is 9.75. The van der Waals surface area contributed by atoms with Crippen LogP contribution in [0.4, 0.5) is 0 Å². The second-order valence-electron chi connectivity index (χ2n) is 3.30. The minimum absolute atomic E-state index is 0.442. The number of aliphatic hydroxyl groups is 1. The summed E-state index contributed by atoms with van der Waals surface area (Å²) >= 11 is 0. The van der Waals surface area contributed by atoms with Gasteiger partial charge in [-0.2, -0.15) is 0 Å². The Labute approximate surface area is 82.8 Å². The number of rotatable bonds is 3. The second kappa shape index (κ2) is 4.65. The molecule has 14 heavy (non-hydrogen) atoms. The van der Waals surface area contributed by atoms with Crippen LogP contribution < -0.4 is 0 Å². The molecule has 4 heteroatoms. The number of aliphatic hydroxyl groups excluding tert-OH is 1. The fourth-order valence-corrected chi connectivity index (χ4v) is 1.19. The first-order valence-electron chi connectivity index (χ1n) is 4.44. The summed E-state index contributed by atoms with van der Waals surface area (Å²) in [7, 11) is 0. The zero-order chi connectivity index (χ0) is 10.6. The molecule has 1 rings (SSSR count). The molecule has 0 radical (unpaired) electrons. The maximum Gasteiger partial charge on any atom is 0.0872 e. The molecule has 0 spiro atoms. The van der Waals surface area contributed by atoms with Crippen LogP contribution in [-0.4, -0.2) is 11.1 Å². The van der Waals surface area contributed by atoms with Gasteiger partial charge in [-0.05, 0) is 18.0 Å². The van der Waals surface area contributed by atoms with Crippen molar-refractivity contribution in [1.29, 1.82) is 0 Å². The molecule has 0 aromatic heterocycles. The molecule has 1 N–H and O–H groups in total. The van der Waals surface area contributed by atoms with Crippen molar-refractivity contribution in [3.8, 4) is 0 Å². The number of azide groups is 1. The van der Waals surface area contributed by atoms with Crippen LogP contribution in [0.2, 0.25) is 0 Å². The van der Waals surface area contributed by atoms with Gasteiger partial charge in [0.25, 0.3) is 0 Å². The van der Waals surface area contributed by atoms with Gasteiger partial charge in [-0.1, -0.05) is 41.9 Å². The quantitative estimate of drug-likeness (QED) is 0.445. The van der Waals surface area contributed by atoms with E-state index in [0.717, 1.165) is 11.1 Å². The van der Waals surface area contributed by atoms with Gasteiger partial charge in [-0.3, -0.25) is 0 Å². The molecular weight excluding hydrogens is 178 g/mol. The van der Waals surface area contributed by atoms with E-state index in [4.69, 9.17) is 5.53 Å². The van der Waals surface area contributed by atoms with E-state index >= 15 is 0 Å². The predicted molar refractivity (Wildman–Crippen MR) is 54.7 cm³/mol. The molecule has 1 aromatic carbocycles. The Kier molecular flexibility index (Phi) is 3.51. The van der Waals surface area contributed by atoms with Crippen molar-refractivity contribution in [2.24, 2.45) is 5.11 Å². The lowest BCUT2D eigenvalue weighted by Crippen LogP contribution is -2.11. The van der Waals surface area contributed by atoms with Gasteiger partial charge in [0, 0.05) is 4.91 Å². The maximum atomic E-state index is 9.75. The lowest BCUT2D eigenvalue weighted by atomic mass is 10.0. The Hall–Kier alpha value is -1.51. The molecular formula is C10H13N3O. The van der Waals surface area contributed by atoms with Crippen molar-refractivity contribution < 1.29 is 5.11 Å². The van der Waals surface area contributed by atoms with Crippen LogP contribution >= 0.6 is 0 Å². The summed E-state index contributed by atoms with van der Waals surface area (Å²) in [6, 6.07) is 7.07. The average Bonchev–Trinajstić information content (AvgIpc) is 2.18. The van der Waals surface area contributed by atoms with E-state index in [2.05, 4.69) is 10.0 Å². The molecule has 0 aliphatic heterocycles. The number of nitrogens with zero attached hydrogens (tertiary/aromatic N) is 3. The van der Waals surface area contributed by atoms with Crippen molar-refractivity contribution in [2.75, 3.05) is 0 Å². The first-order chi connectivity index (χ1) is 6.65. The van der Waals surface area contributed by atoms with Gasteiger partial charge in [-0.15, -0.1) is 0 Å². The summed E-state index contributed by atoms with van der Waals surface area (Å²) in [6.45, 7) is 3.66. The van der Waals surface area contributed by atoms with Crippen LogP contribution in [0.5, 0.6) is 0 Å². The van der Waals surface area contributed by atoms with Crippen molar-refractivity contribution in [3.63, 3.8) is 0 Å². The largest absolute Gasteiger partial charge is 0.388 e. The van der Waals surface area contributed by atoms with Gasteiger partial charge in [0.1, 0.15) is 0 Å². The molecule has 0 saturated heterocycles. The Balaban J connectivity index is 2.83. The Morgan fingerprint density at radius 3 is 2.43 bits per heavy atom. The van der Waals surface area contributed by atoms with Crippen molar-refractivity contribution >= 4 is 0 Å². The molecule has 2 atom stereocenters. The molecule has 0 unspecified atom stereocenters. The SMILES string of the molecule is Cc1ccc([C@H](O)[C@@H](C)N=[N+]=[N-])cc1. The van der Waals surface area contributed by atoms with Crippen molar-refractivity contribution in [3.05, 3.63) is 45.8 Å². The monoisotopic (exact) mass is 191 g/mol. The van der Waals surface area contributed by atoms with E-state index in [-0.39, 0.29) is 0 Å². The third-order valence-corrected chi connectivity index (χ3v) is 2.11. The first kappa shape index (κ1) is 10.6. The summed E-state index contributed by atoms with van der Waals surface area (Å²) in [5.74, 6) is 0. The summed E-state index contributed by atoms with van der Waals surface area (Å²) in [5, 5.41) is 13.2. The summed E-state index contributed by atoms with van der Waals surface area (Å²) < 4.78 is 0. The normalized spacial score (nSPS) is 14.2. The number of hydrogen-bond acceptors (Lipinski definition) is 2. The lowest BCUT2D eigenvalue weighted by molar-refractivity contribution is 0.153. The summed E-state index contributed by atoms with van der Waals surface area (Å²) in [4.78, 5) is 2.66. The molecule has 74 valence electrons. The highest BCUT2D eigenvalue weighted by atomic mass is 16.3. The smallest absolute Gasteiger partial charge is 0.0872 e. The highest BCUT2D eigenvalue weighted by Gasteiger charge is 2.13. The second-order valence-corrected chi connectivity index (χ2v) is 3.30. The highest BCUT2D eigenvalue weighted by Crippen LogP contribution is 2.19. The molecule has 0 aliphatic rings. The van der Waals surface area contributed by atoms with E-state index in [1.165, 1.54) is 0 Å². The van der Waals surface area contributed by atoms with Crippen LogP contribution in [0.25, 0.3) is 10.4 Å². The van der Waals surface area contributed by atoms with Gasteiger partial charge >= 0.3 is 0 Å². The summed E-state index contributed by atoms with van der Waals surface area (Å²) in [5.41, 5.74) is 10.1. The topological polar surface area (TPSA) is 69.0 Å². The molecule has 0 bridgehead atoms. The molecule has 1 aromatic rings. The highest BCUT2D eigenvalue weighted by molar-refractivity contribution is 5.23. The van der Waals surface area contributed by atoms with Crippen LogP contribution in [0.3, 0.4) is 0 Å². The van der Waals surface area contributed by atoms with Crippen LogP contribution in [-0.2, 0) is 0 Å². The number of benzene rings is 1. The fraction of sp³-hybridized carbons (Fsp3) is 0.400. The fourth-order valence-electron chi connectivity index (χ4n) is 1.19. The van der Waals surface area contributed by atoms with Crippen molar-refractivity contribution in [1.82, 2.24) is 0 Å². The van der Waals surface area contributed by atoms with Gasteiger partial charge < -0.3 is 5.11 Å². The molecule has 0 aliphatic carbocycles. The standard InChI is InChI=1S/C10H13N3O/c1-7-3-5-9(6-4-7)10(14)8(2)12-13-11/h3-6,8,10,14H,1-2H3/t8-,10-/m1/s1. The van der Waals surface area contributed by atoms with E-state index < -0.39 is 12.1 Å². The molecule has 0 saturated carbocycles. The van der Waals surface area contributed by atoms with Gasteiger partial charge in [-0.25, -0.2) is 0 Å². The van der Waals surface area contributed by atoms with E-state index in [0.29, 0.717) is 0 Å². The Bertz CT molecular complexity index is 341. The van der Waals surface area contributed by atoms with Gasteiger partial charge in [0.15, 0.2) is 0 Å². The van der Waals surface area contributed by atoms with Crippen molar-refractivity contribution in [2.45, 2.75) is 26.0 Å². The summed E-state index contributed by atoms with van der Waals surface area (Å²) in [6.07, 6.45) is -0.730. The Morgan fingerprint density at radius 2 is 1.93 bits per heavy atom. The van der Waals surface area contributed by atoms with Crippen LogP contribution in [0.15, 0.2) is 29.4 Å². The molecule has 0 heterocycles. The minimum Gasteiger partial charge on any atom is -0.388 e. The van der Waals surface area contributed by atoms with Crippen LogP contribution in [0, 0.1) is 6.92 Å². The average molecular weight is 191 g/mol. The lowest BCUT2D eigenvalue weighted by Gasteiger charge is -2.14. The zero-order valence-corrected chi connectivity index (χ0v) is 8.25. The Morgan fingerprint density at radius 1 is 1.36 bits per heavy atom. The van der Waals surface area contributed by atoms with Gasteiger partial charge in [0.2, 0.25) is 0 Å². The van der Waals surface area contributed by atoms with E-state index in [1.807, 2.05) is 31.2 Å². The number of hydrogen-bond donors (Lipinski definition) is 1. The first-order valence-corrected chi connectivity index (χ1v) is 4.44. The molecule has 0 amide bonds.